The maximum Gasteiger partial charge on any atom is 1.00 e. The molecule has 0 bridgehead atoms. The molecule has 0 aliphatic heterocycles. The fourth-order valence-corrected chi connectivity index (χ4v) is 6.44. The van der Waals surface area contributed by atoms with Crippen molar-refractivity contribution in [1.82, 2.24) is 0 Å². The van der Waals surface area contributed by atoms with Gasteiger partial charge in [-0.25, -0.2) is 25.3 Å². The number of phenolic OH excluding ortho intramolecular Hbond substituents is 1. The van der Waals surface area contributed by atoms with Crippen LogP contribution in [0.15, 0.2) is 90.9 Å². The summed E-state index contributed by atoms with van der Waals surface area (Å²) in [5.41, 5.74) is 6.09. The number of aryl methyl sites for hydroxylation is 1. The van der Waals surface area contributed by atoms with E-state index < -0.39 is 64.9 Å². The van der Waals surface area contributed by atoms with Crippen molar-refractivity contribution in [3.63, 3.8) is 0 Å². The van der Waals surface area contributed by atoms with Gasteiger partial charge < -0.3 is 25.2 Å². The van der Waals surface area contributed by atoms with Crippen molar-refractivity contribution < 1.29 is 147 Å². The molecule has 4 N–H and O–H groups in total. The number of rotatable bonds is 14. The van der Waals surface area contributed by atoms with E-state index in [0.717, 1.165) is 11.6 Å². The second-order valence-electron chi connectivity index (χ2n) is 9.42. The van der Waals surface area contributed by atoms with Crippen LogP contribution in [0.25, 0.3) is 10.8 Å². The molecule has 0 fully saturated rings. The molecule has 256 valence electrons. The monoisotopic (exact) mass is 810 g/mol. The molecule has 0 spiro atoms. The molecule has 4 aromatic rings. The van der Waals surface area contributed by atoms with Gasteiger partial charge in [-0.3, -0.25) is 13.9 Å². The van der Waals surface area contributed by atoms with Crippen LogP contribution >= 0.6 is 12.0 Å². The van der Waals surface area contributed by atoms with E-state index >= 15 is 0 Å². The van der Waals surface area contributed by atoms with Gasteiger partial charge in [0.05, 0.1) is 56.6 Å². The molecule has 51 heavy (non-hydrogen) atoms. The van der Waals surface area contributed by atoms with E-state index in [1.54, 1.807) is 18.2 Å². The molecule has 0 aromatic heterocycles. The third-order valence-electron chi connectivity index (χ3n) is 5.99. The van der Waals surface area contributed by atoms with Crippen molar-refractivity contribution in [1.29, 1.82) is 0 Å². The number of fused-ring (bicyclic) bond motifs is 1. The quantitative estimate of drug-likeness (QED) is 0.0157. The van der Waals surface area contributed by atoms with Crippen molar-refractivity contribution in [3.05, 3.63) is 66.2 Å². The Bertz CT molecular complexity index is 2250. The molecule has 0 radical (unpaired) electrons. The SMILES string of the molecule is Cc1cccc(N=Nc2c(SOO[O-])cc3cc(S(=O)(=O)[O-])c(N=Nc4ccc(NS(=O)(=O)CCOS(=O)(=O)[O-])cc4)c(N)c3c2O)c1.[Na+].[Na+].[Na+]. The number of nitrogens with two attached hydrogens (primary N) is 1. The molecule has 4 aromatic carbocycles. The molecule has 0 saturated heterocycles. The number of nitrogen functional groups attached to an aromatic ring is 1. The minimum atomic E-state index is -5.26. The Balaban J connectivity index is 0.00000433. The first kappa shape index (κ1) is 47.7. The predicted molar refractivity (Wildman–Crippen MR) is 165 cm³/mol. The van der Waals surface area contributed by atoms with Crippen LogP contribution in [0.1, 0.15) is 5.56 Å². The van der Waals surface area contributed by atoms with Crippen LogP contribution in [0.3, 0.4) is 0 Å². The van der Waals surface area contributed by atoms with Crippen LogP contribution in [-0.4, -0.2) is 51.8 Å². The van der Waals surface area contributed by atoms with Crippen LogP contribution in [0.2, 0.25) is 0 Å². The van der Waals surface area contributed by atoms with Crippen molar-refractivity contribution in [3.8, 4) is 5.75 Å². The summed E-state index contributed by atoms with van der Waals surface area (Å²) in [6.45, 7) is 0.899. The number of azo groups is 2. The fourth-order valence-electron chi connectivity index (χ4n) is 3.99. The number of nitrogens with zero attached hydrogens (tertiary/aromatic N) is 4. The summed E-state index contributed by atoms with van der Waals surface area (Å²) in [6, 6.07) is 13.8. The normalized spacial score (nSPS) is 12.0. The molecule has 19 nitrogen and oxygen atoms in total. The van der Waals surface area contributed by atoms with Gasteiger partial charge in [0, 0.05) is 5.69 Å². The van der Waals surface area contributed by atoms with Gasteiger partial charge in [-0.1, -0.05) is 12.1 Å². The number of nitrogens with one attached hydrogen (secondary N) is 1. The summed E-state index contributed by atoms with van der Waals surface area (Å²) in [5.74, 6) is -1.51. The second-order valence-corrected chi connectivity index (χ2v) is 14.4. The van der Waals surface area contributed by atoms with E-state index in [9.17, 15) is 44.7 Å². The summed E-state index contributed by atoms with van der Waals surface area (Å²) < 4.78 is 103. The molecule has 4 rings (SSSR count). The van der Waals surface area contributed by atoms with E-state index in [1.165, 1.54) is 30.3 Å². The zero-order chi connectivity index (χ0) is 35.3. The third kappa shape index (κ3) is 13.8. The Kier molecular flexibility index (Phi) is 19.1. The molecule has 0 saturated carbocycles. The Morgan fingerprint density at radius 3 is 2.08 bits per heavy atom. The zero-order valence-electron chi connectivity index (χ0n) is 27.0. The van der Waals surface area contributed by atoms with Gasteiger partial charge in [0.2, 0.25) is 20.4 Å². The molecule has 26 heteroatoms. The average molecular weight is 811 g/mol. The van der Waals surface area contributed by atoms with E-state index in [2.05, 4.69) is 38.7 Å². The Morgan fingerprint density at radius 1 is 0.863 bits per heavy atom. The number of benzene rings is 4. The number of hydrogen-bond acceptors (Lipinski definition) is 19. The van der Waals surface area contributed by atoms with E-state index in [1.807, 2.05) is 13.0 Å². The first-order chi connectivity index (χ1) is 22.5. The zero-order valence-corrected chi connectivity index (χ0v) is 36.3. The molecule has 0 amide bonds. The summed E-state index contributed by atoms with van der Waals surface area (Å²) in [5, 5.41) is 40.6. The van der Waals surface area contributed by atoms with Crippen LogP contribution in [0.4, 0.5) is 34.1 Å². The Morgan fingerprint density at radius 2 is 1.49 bits per heavy atom. The van der Waals surface area contributed by atoms with Gasteiger partial charge in [-0.05, 0) is 66.4 Å². The number of phenols is 1. The molecule has 0 aliphatic carbocycles. The van der Waals surface area contributed by atoms with Gasteiger partial charge >= 0.3 is 88.7 Å². The van der Waals surface area contributed by atoms with Crippen molar-refractivity contribution in [2.24, 2.45) is 20.5 Å². The molecular formula is C25H21N6Na3O13S4. The van der Waals surface area contributed by atoms with Gasteiger partial charge in [0.1, 0.15) is 21.5 Å². The maximum absolute atomic E-state index is 12.2. The minimum absolute atomic E-state index is 0. The van der Waals surface area contributed by atoms with Crippen LogP contribution in [-0.2, 0) is 44.1 Å². The van der Waals surface area contributed by atoms with Crippen LogP contribution in [0, 0.1) is 6.92 Å². The summed E-state index contributed by atoms with van der Waals surface area (Å²) in [7, 11) is -14.5. The minimum Gasteiger partial charge on any atom is -0.744 e. The van der Waals surface area contributed by atoms with Crippen LogP contribution in [0.5, 0.6) is 5.75 Å². The summed E-state index contributed by atoms with van der Waals surface area (Å²) >= 11 is 0.310. The molecule has 0 heterocycles. The summed E-state index contributed by atoms with van der Waals surface area (Å²) in [6.07, 6.45) is 0. The van der Waals surface area contributed by atoms with E-state index in [0.29, 0.717) is 17.7 Å². The van der Waals surface area contributed by atoms with Crippen molar-refractivity contribution >= 4 is 87.5 Å². The second kappa shape index (κ2) is 20.4. The average Bonchev–Trinajstić information content (AvgIpc) is 2.98. The Labute approximate surface area is 362 Å². The molecule has 0 unspecified atom stereocenters. The number of sulfonamides is 1. The van der Waals surface area contributed by atoms with E-state index in [-0.39, 0.29) is 121 Å². The fraction of sp³-hybridized carbons (Fsp3) is 0.120. The molecule has 0 atom stereocenters. The maximum atomic E-state index is 12.2. The largest absolute Gasteiger partial charge is 1.00 e. The smallest absolute Gasteiger partial charge is 0.744 e. The molecular weight excluding hydrogens is 790 g/mol. The van der Waals surface area contributed by atoms with Crippen molar-refractivity contribution in [2.45, 2.75) is 16.7 Å². The number of hydrogen-bond donors (Lipinski definition) is 3. The van der Waals surface area contributed by atoms with E-state index in [4.69, 9.17) is 5.73 Å². The summed E-state index contributed by atoms with van der Waals surface area (Å²) in [4.78, 5) is -0.998. The number of aromatic hydroxyl groups is 1. The third-order valence-corrected chi connectivity index (χ3v) is 9.16. The van der Waals surface area contributed by atoms with Gasteiger partial charge in [-0.2, -0.15) is 14.6 Å². The number of anilines is 2. The Hall–Kier alpha value is -1.30. The van der Waals surface area contributed by atoms with Crippen molar-refractivity contribution in [2.75, 3.05) is 22.8 Å². The standard InChI is InChI=1S/C25H24N6O13S4.3Na/c1-14-3-2-4-18(11-14)28-29-23-19(45-44-43-33)12-15-13-20(47(36,37)38)24(22(26)21(15)25(23)32)30-27-16-5-7-17(8-6-16)31-46(34,35)10-9-42-48(39,40)41;;;/h2-8,11-13,31-33H,9-10,26H2,1H3,(H,36,37,38)(H,39,40,41);;;/q;3*+1/p-3. The van der Waals surface area contributed by atoms with Crippen LogP contribution < -0.4 is 104 Å². The first-order valence-electron chi connectivity index (χ1n) is 12.8. The van der Waals surface area contributed by atoms with Gasteiger partial charge in [-0.15, -0.1) is 10.2 Å². The van der Waals surface area contributed by atoms with Gasteiger partial charge in [0.25, 0.3) is 0 Å². The molecule has 0 aliphatic rings. The first-order valence-corrected chi connectivity index (χ1v) is 17.9. The predicted octanol–water partition coefficient (Wildman–Crippen LogP) is -5.37. The topological polar surface area (TPSA) is 307 Å². The van der Waals surface area contributed by atoms with Gasteiger partial charge in [0.15, 0.2) is 5.75 Å².